The first-order valence-electron chi connectivity index (χ1n) is 2.16. The van der Waals surface area contributed by atoms with Gasteiger partial charge in [0.15, 0.2) is 0 Å². The molecule has 1 N–H and O–H groups in total. The van der Waals surface area contributed by atoms with Crippen molar-refractivity contribution in [3.8, 4) is 0 Å². The fraction of sp³-hybridized carbons (Fsp3) is 0.200. The molecule has 0 saturated carbocycles. The highest BCUT2D eigenvalue weighted by molar-refractivity contribution is 14.1. The van der Waals surface area contributed by atoms with Crippen LogP contribution in [0.2, 0.25) is 0 Å². The second-order valence-corrected chi connectivity index (χ2v) is 2.49. The predicted octanol–water partition coefficient (Wildman–Crippen LogP) is 1.42. The van der Waals surface area contributed by atoms with Gasteiger partial charge in [-0.25, -0.2) is 0 Å². The van der Waals surface area contributed by atoms with Crippen LogP contribution in [0, 0.1) is 0 Å². The van der Waals surface area contributed by atoms with Crippen molar-refractivity contribution < 1.29 is 0 Å². The highest BCUT2D eigenvalue weighted by Gasteiger charge is 1.87. The van der Waals surface area contributed by atoms with E-state index in [0.29, 0.717) is 0 Å². The van der Waals surface area contributed by atoms with Gasteiger partial charge in [-0.15, -0.1) is 0 Å². The molecule has 0 amide bonds. The van der Waals surface area contributed by atoms with Crippen molar-refractivity contribution in [2.45, 2.75) is 0 Å². The minimum Gasteiger partial charge on any atom is -0.377 e. The van der Waals surface area contributed by atoms with Gasteiger partial charge in [0, 0.05) is 6.54 Å². The highest BCUT2D eigenvalue weighted by atomic mass is 127. The van der Waals surface area contributed by atoms with Gasteiger partial charge in [0.1, 0.15) is 0 Å². The van der Waals surface area contributed by atoms with E-state index in [1.807, 2.05) is 6.08 Å². The summed E-state index contributed by atoms with van der Waals surface area (Å²) >= 11 is 2.26. The lowest BCUT2D eigenvalue weighted by Gasteiger charge is -2.02. The molecule has 1 aliphatic heterocycles. The third-order valence-corrected chi connectivity index (χ3v) is 1.51. The third kappa shape index (κ3) is 1.51. The summed E-state index contributed by atoms with van der Waals surface area (Å²) in [6.07, 6.45) is 6.19. The van der Waals surface area contributed by atoms with Crippen LogP contribution < -0.4 is 5.32 Å². The van der Waals surface area contributed by atoms with Gasteiger partial charge in [0.2, 0.25) is 0 Å². The molecule has 1 nitrogen and oxygen atoms in total. The maximum absolute atomic E-state index is 3.14. The Bertz CT molecular complexity index is 115. The van der Waals surface area contributed by atoms with E-state index < -0.39 is 0 Å². The number of hydrogen-bond acceptors (Lipinski definition) is 1. The normalized spacial score (nSPS) is 18.1. The fourth-order valence-electron chi connectivity index (χ4n) is 0.436. The van der Waals surface area contributed by atoms with Crippen molar-refractivity contribution in [2.24, 2.45) is 0 Å². The molecule has 0 aromatic heterocycles. The van der Waals surface area contributed by atoms with Gasteiger partial charge in [-0.2, -0.15) is 0 Å². The first kappa shape index (κ1) is 5.15. The molecule has 0 saturated heterocycles. The maximum Gasteiger partial charge on any atom is 0.0734 e. The molecular weight excluding hydrogens is 201 g/mol. The number of allylic oxidation sites excluding steroid dienone is 2. The number of halogens is 1. The number of rotatable bonds is 0. The average Bonchev–Trinajstić information content (AvgIpc) is 1.69. The highest BCUT2D eigenvalue weighted by Crippen LogP contribution is 2.02. The van der Waals surface area contributed by atoms with Gasteiger partial charge < -0.3 is 5.32 Å². The Morgan fingerprint density at radius 2 is 2.57 bits per heavy atom. The van der Waals surface area contributed by atoms with Gasteiger partial charge in [-0.1, -0.05) is 12.2 Å². The van der Waals surface area contributed by atoms with Crippen molar-refractivity contribution in [3.63, 3.8) is 0 Å². The smallest absolute Gasteiger partial charge is 0.0734 e. The lowest BCUT2D eigenvalue weighted by atomic mass is 10.4. The van der Waals surface area contributed by atoms with E-state index in [-0.39, 0.29) is 0 Å². The quantitative estimate of drug-likeness (QED) is 0.467. The minimum absolute atomic E-state index is 0.981. The predicted molar refractivity (Wildman–Crippen MR) is 39.2 cm³/mol. The van der Waals surface area contributed by atoms with Gasteiger partial charge >= 0.3 is 0 Å². The van der Waals surface area contributed by atoms with Gasteiger partial charge in [0.05, 0.1) is 3.70 Å². The van der Waals surface area contributed by atoms with Crippen LogP contribution in [-0.4, -0.2) is 6.54 Å². The molecule has 0 radical (unpaired) electrons. The zero-order valence-electron chi connectivity index (χ0n) is 3.82. The second kappa shape index (κ2) is 2.35. The van der Waals surface area contributed by atoms with E-state index in [9.17, 15) is 0 Å². The summed E-state index contributed by atoms with van der Waals surface area (Å²) < 4.78 is 1.22. The summed E-state index contributed by atoms with van der Waals surface area (Å²) in [4.78, 5) is 0. The zero-order valence-corrected chi connectivity index (χ0v) is 5.97. The lowest BCUT2D eigenvalue weighted by Crippen LogP contribution is -2.10. The van der Waals surface area contributed by atoms with Crippen LogP contribution in [0.25, 0.3) is 0 Å². The number of hydrogen-bond donors (Lipinski definition) is 1. The first-order valence-corrected chi connectivity index (χ1v) is 3.23. The molecule has 1 aliphatic rings. The Morgan fingerprint density at radius 1 is 1.71 bits per heavy atom. The number of nitrogens with one attached hydrogen (secondary N) is 1. The summed E-state index contributed by atoms with van der Waals surface area (Å²) in [6.45, 7) is 0.981. The van der Waals surface area contributed by atoms with Crippen LogP contribution in [0.5, 0.6) is 0 Å². The topological polar surface area (TPSA) is 12.0 Å². The molecule has 0 bridgehead atoms. The van der Waals surface area contributed by atoms with Crippen molar-refractivity contribution in [1.29, 1.82) is 0 Å². The molecule has 0 aliphatic carbocycles. The second-order valence-electron chi connectivity index (χ2n) is 1.32. The van der Waals surface area contributed by atoms with E-state index >= 15 is 0 Å². The summed E-state index contributed by atoms with van der Waals surface area (Å²) in [5, 5.41) is 3.14. The van der Waals surface area contributed by atoms with E-state index in [2.05, 4.69) is 40.1 Å². The zero-order chi connectivity index (χ0) is 5.11. The lowest BCUT2D eigenvalue weighted by molar-refractivity contribution is 0.964. The monoisotopic (exact) mass is 207 g/mol. The molecule has 2 heteroatoms. The molecule has 38 valence electrons. The number of dihydropyridines is 1. The summed E-state index contributed by atoms with van der Waals surface area (Å²) in [5.41, 5.74) is 0. The van der Waals surface area contributed by atoms with Crippen molar-refractivity contribution >= 4 is 22.6 Å². The maximum atomic E-state index is 3.14. The molecule has 0 spiro atoms. The Kier molecular flexibility index (Phi) is 1.73. The van der Waals surface area contributed by atoms with Gasteiger partial charge in [-0.3, -0.25) is 0 Å². The fourth-order valence-corrected chi connectivity index (χ4v) is 0.864. The van der Waals surface area contributed by atoms with E-state index in [1.54, 1.807) is 0 Å². The third-order valence-electron chi connectivity index (χ3n) is 0.767. The molecule has 0 aromatic rings. The molecule has 1 rings (SSSR count). The largest absolute Gasteiger partial charge is 0.377 e. The van der Waals surface area contributed by atoms with Crippen LogP contribution in [0.15, 0.2) is 21.9 Å². The Morgan fingerprint density at radius 3 is 2.86 bits per heavy atom. The summed E-state index contributed by atoms with van der Waals surface area (Å²) in [5.74, 6) is 0. The standard InChI is InChI=1S/C5H6IN/c6-5-3-1-2-4-7-5/h1-3,7H,4H2. The Hall–Kier alpha value is 0.01000. The van der Waals surface area contributed by atoms with Crippen LogP contribution in [0.1, 0.15) is 0 Å². The Labute approximate surface area is 56.6 Å². The summed E-state index contributed by atoms with van der Waals surface area (Å²) in [7, 11) is 0. The molecule has 0 fully saturated rings. The molecule has 0 unspecified atom stereocenters. The molecule has 7 heavy (non-hydrogen) atoms. The molecular formula is C5H6IN. The van der Waals surface area contributed by atoms with Crippen LogP contribution >= 0.6 is 22.6 Å². The van der Waals surface area contributed by atoms with E-state index in [0.717, 1.165) is 6.54 Å². The minimum atomic E-state index is 0.981. The van der Waals surface area contributed by atoms with E-state index in [1.165, 1.54) is 3.70 Å². The average molecular weight is 207 g/mol. The van der Waals surface area contributed by atoms with Gasteiger partial charge in [-0.05, 0) is 28.7 Å². The van der Waals surface area contributed by atoms with Crippen LogP contribution in [-0.2, 0) is 0 Å². The van der Waals surface area contributed by atoms with Crippen molar-refractivity contribution in [3.05, 3.63) is 21.9 Å². The van der Waals surface area contributed by atoms with Crippen molar-refractivity contribution in [1.82, 2.24) is 5.32 Å². The van der Waals surface area contributed by atoms with Gasteiger partial charge in [0.25, 0.3) is 0 Å². The summed E-state index contributed by atoms with van der Waals surface area (Å²) in [6, 6.07) is 0. The van der Waals surface area contributed by atoms with E-state index in [4.69, 9.17) is 0 Å². The molecule has 1 heterocycles. The molecule has 0 aromatic carbocycles. The SMILES string of the molecule is IC1=CC=CCN1. The molecule has 0 atom stereocenters. The van der Waals surface area contributed by atoms with Crippen molar-refractivity contribution in [2.75, 3.05) is 6.54 Å². The Balaban J connectivity index is 2.57. The first-order chi connectivity index (χ1) is 3.39. The van der Waals surface area contributed by atoms with Crippen LogP contribution in [0.3, 0.4) is 0 Å². The van der Waals surface area contributed by atoms with Crippen LogP contribution in [0.4, 0.5) is 0 Å².